The van der Waals surface area contributed by atoms with E-state index < -0.39 is 5.60 Å². The first-order chi connectivity index (χ1) is 11.0. The summed E-state index contributed by atoms with van der Waals surface area (Å²) in [5, 5.41) is 17.1. The standard InChI is InChI=1S/C18H24N2O2S/c1-4-20(5-2)16-8-6-14(7-9-16)17(21)19-13-18(3,22)15-10-11-23-12-15/h6-12,22H,4-5,13H2,1-3H3,(H,19,21). The summed E-state index contributed by atoms with van der Waals surface area (Å²) in [7, 11) is 0. The Balaban J connectivity index is 1.98. The van der Waals surface area contributed by atoms with Crippen molar-refractivity contribution >= 4 is 22.9 Å². The summed E-state index contributed by atoms with van der Waals surface area (Å²) in [6.07, 6.45) is 0. The van der Waals surface area contributed by atoms with Gasteiger partial charge in [0.1, 0.15) is 5.60 Å². The lowest BCUT2D eigenvalue weighted by Gasteiger charge is -2.23. The number of amides is 1. The third kappa shape index (κ3) is 4.33. The Kier molecular flexibility index (Phi) is 5.80. The summed E-state index contributed by atoms with van der Waals surface area (Å²) in [6, 6.07) is 9.43. The van der Waals surface area contributed by atoms with Gasteiger partial charge in [0.15, 0.2) is 0 Å². The second-order valence-corrected chi connectivity index (χ2v) is 6.47. The molecule has 5 heteroatoms. The molecule has 1 heterocycles. The fourth-order valence-electron chi connectivity index (χ4n) is 2.44. The number of benzene rings is 1. The van der Waals surface area contributed by atoms with Crippen molar-refractivity contribution in [3.05, 3.63) is 52.2 Å². The zero-order valence-electron chi connectivity index (χ0n) is 13.9. The van der Waals surface area contributed by atoms with Crippen LogP contribution in [0.15, 0.2) is 41.1 Å². The molecular weight excluding hydrogens is 308 g/mol. The molecule has 1 atom stereocenters. The Hall–Kier alpha value is -1.85. The summed E-state index contributed by atoms with van der Waals surface area (Å²) in [5.74, 6) is -0.174. The van der Waals surface area contributed by atoms with Gasteiger partial charge in [-0.25, -0.2) is 0 Å². The number of carbonyl (C=O) groups is 1. The second-order valence-electron chi connectivity index (χ2n) is 5.69. The molecule has 2 N–H and O–H groups in total. The summed E-state index contributed by atoms with van der Waals surface area (Å²) in [5.41, 5.74) is 1.47. The number of thiophene rings is 1. The molecular formula is C18H24N2O2S. The Labute approximate surface area is 141 Å². The zero-order valence-corrected chi connectivity index (χ0v) is 14.7. The number of rotatable bonds is 7. The number of nitrogens with zero attached hydrogens (tertiary/aromatic N) is 1. The third-order valence-corrected chi connectivity index (χ3v) is 4.68. The van der Waals surface area contributed by atoms with E-state index in [0.717, 1.165) is 24.3 Å². The Morgan fingerprint density at radius 3 is 2.39 bits per heavy atom. The largest absolute Gasteiger partial charge is 0.384 e. The van der Waals surface area contributed by atoms with Crippen LogP contribution in [0, 0.1) is 0 Å². The molecule has 1 aromatic carbocycles. The van der Waals surface area contributed by atoms with Crippen molar-refractivity contribution in [2.45, 2.75) is 26.4 Å². The van der Waals surface area contributed by atoms with Gasteiger partial charge in [-0.2, -0.15) is 11.3 Å². The molecule has 0 bridgehead atoms. The highest BCUT2D eigenvalue weighted by molar-refractivity contribution is 7.08. The summed E-state index contributed by atoms with van der Waals surface area (Å²) in [4.78, 5) is 14.5. The molecule has 2 aromatic rings. The number of anilines is 1. The van der Waals surface area contributed by atoms with Crippen LogP contribution in [0.25, 0.3) is 0 Å². The first-order valence-electron chi connectivity index (χ1n) is 7.86. The van der Waals surface area contributed by atoms with Crippen LogP contribution >= 0.6 is 11.3 Å². The van der Waals surface area contributed by atoms with Crippen molar-refractivity contribution in [2.24, 2.45) is 0 Å². The van der Waals surface area contributed by atoms with Crippen LogP contribution in [-0.4, -0.2) is 30.6 Å². The van der Waals surface area contributed by atoms with E-state index in [1.54, 1.807) is 6.92 Å². The fraction of sp³-hybridized carbons (Fsp3) is 0.389. The molecule has 0 aliphatic carbocycles. The molecule has 23 heavy (non-hydrogen) atoms. The van der Waals surface area contributed by atoms with Crippen molar-refractivity contribution in [1.29, 1.82) is 0 Å². The van der Waals surface area contributed by atoms with E-state index in [1.165, 1.54) is 11.3 Å². The first-order valence-corrected chi connectivity index (χ1v) is 8.80. The van der Waals surface area contributed by atoms with Gasteiger partial charge in [-0.3, -0.25) is 4.79 Å². The van der Waals surface area contributed by atoms with Gasteiger partial charge < -0.3 is 15.3 Å². The predicted octanol–water partition coefficient (Wildman–Crippen LogP) is 3.23. The summed E-state index contributed by atoms with van der Waals surface area (Å²) < 4.78 is 0. The van der Waals surface area contributed by atoms with Crippen molar-refractivity contribution in [1.82, 2.24) is 5.32 Å². The fourth-order valence-corrected chi connectivity index (χ4v) is 3.22. The van der Waals surface area contributed by atoms with E-state index in [9.17, 15) is 9.90 Å². The number of hydrogen-bond acceptors (Lipinski definition) is 4. The highest BCUT2D eigenvalue weighted by Crippen LogP contribution is 2.22. The number of aliphatic hydroxyl groups is 1. The quantitative estimate of drug-likeness (QED) is 0.818. The van der Waals surface area contributed by atoms with E-state index in [0.29, 0.717) is 5.56 Å². The number of nitrogens with one attached hydrogen (secondary N) is 1. The highest BCUT2D eigenvalue weighted by atomic mass is 32.1. The molecule has 0 spiro atoms. The SMILES string of the molecule is CCN(CC)c1ccc(C(=O)NCC(C)(O)c2ccsc2)cc1. The van der Waals surface area contributed by atoms with Crippen LogP contribution in [0.2, 0.25) is 0 Å². The first kappa shape index (κ1) is 17.5. The summed E-state index contributed by atoms with van der Waals surface area (Å²) >= 11 is 1.53. The van der Waals surface area contributed by atoms with Gasteiger partial charge in [-0.05, 0) is 67.4 Å². The molecule has 124 valence electrons. The smallest absolute Gasteiger partial charge is 0.251 e. The molecule has 1 amide bonds. The van der Waals surface area contributed by atoms with Gasteiger partial charge in [0.2, 0.25) is 0 Å². The van der Waals surface area contributed by atoms with Gasteiger partial charge >= 0.3 is 0 Å². The van der Waals surface area contributed by atoms with Gasteiger partial charge in [-0.1, -0.05) is 0 Å². The maximum atomic E-state index is 12.2. The lowest BCUT2D eigenvalue weighted by atomic mass is 9.99. The molecule has 0 saturated heterocycles. The molecule has 0 radical (unpaired) electrons. The predicted molar refractivity (Wildman–Crippen MR) is 96.2 cm³/mol. The maximum absolute atomic E-state index is 12.2. The van der Waals surface area contributed by atoms with Gasteiger partial charge in [0.25, 0.3) is 5.91 Å². The van der Waals surface area contributed by atoms with Crippen LogP contribution in [0.5, 0.6) is 0 Å². The van der Waals surface area contributed by atoms with Crippen LogP contribution in [-0.2, 0) is 5.60 Å². The second kappa shape index (κ2) is 7.62. The van der Waals surface area contributed by atoms with Crippen molar-refractivity contribution in [2.75, 3.05) is 24.5 Å². The third-order valence-electron chi connectivity index (χ3n) is 3.99. The van der Waals surface area contributed by atoms with Crippen LogP contribution in [0.1, 0.15) is 36.7 Å². The molecule has 0 fully saturated rings. The monoisotopic (exact) mass is 332 g/mol. The minimum atomic E-state index is -1.06. The summed E-state index contributed by atoms with van der Waals surface area (Å²) in [6.45, 7) is 7.98. The lowest BCUT2D eigenvalue weighted by molar-refractivity contribution is 0.0530. The molecule has 2 rings (SSSR count). The molecule has 0 aliphatic heterocycles. The Morgan fingerprint density at radius 1 is 1.22 bits per heavy atom. The van der Waals surface area contributed by atoms with E-state index in [4.69, 9.17) is 0 Å². The highest BCUT2D eigenvalue weighted by Gasteiger charge is 2.24. The molecule has 0 saturated carbocycles. The van der Waals surface area contributed by atoms with E-state index in [1.807, 2.05) is 41.1 Å². The minimum Gasteiger partial charge on any atom is -0.384 e. The van der Waals surface area contributed by atoms with Crippen molar-refractivity contribution in [3.8, 4) is 0 Å². The van der Waals surface area contributed by atoms with E-state index in [2.05, 4.69) is 24.1 Å². The van der Waals surface area contributed by atoms with Gasteiger partial charge in [0, 0.05) is 24.3 Å². The lowest BCUT2D eigenvalue weighted by Crippen LogP contribution is -2.38. The zero-order chi connectivity index (χ0) is 16.9. The van der Waals surface area contributed by atoms with Gasteiger partial charge in [0.05, 0.1) is 6.54 Å². The normalized spacial score (nSPS) is 13.4. The molecule has 1 aromatic heterocycles. The van der Waals surface area contributed by atoms with E-state index in [-0.39, 0.29) is 12.5 Å². The minimum absolute atomic E-state index is 0.174. The maximum Gasteiger partial charge on any atom is 0.251 e. The van der Waals surface area contributed by atoms with Crippen LogP contribution in [0.4, 0.5) is 5.69 Å². The van der Waals surface area contributed by atoms with Crippen LogP contribution < -0.4 is 10.2 Å². The number of hydrogen-bond donors (Lipinski definition) is 2. The molecule has 4 nitrogen and oxygen atoms in total. The Morgan fingerprint density at radius 2 is 1.87 bits per heavy atom. The molecule has 1 unspecified atom stereocenters. The van der Waals surface area contributed by atoms with E-state index >= 15 is 0 Å². The molecule has 0 aliphatic rings. The Bertz CT molecular complexity index is 617. The average Bonchev–Trinajstić information content (AvgIpc) is 3.10. The van der Waals surface area contributed by atoms with Crippen LogP contribution in [0.3, 0.4) is 0 Å². The number of carbonyl (C=O) groups excluding carboxylic acids is 1. The van der Waals surface area contributed by atoms with Crippen molar-refractivity contribution < 1.29 is 9.90 Å². The topological polar surface area (TPSA) is 52.6 Å². The van der Waals surface area contributed by atoms with Crippen molar-refractivity contribution in [3.63, 3.8) is 0 Å². The van der Waals surface area contributed by atoms with Gasteiger partial charge in [-0.15, -0.1) is 0 Å². The average molecular weight is 332 g/mol.